The number of fused-ring (bicyclic) bond motifs is 1. The van der Waals surface area contributed by atoms with Gasteiger partial charge in [-0.3, -0.25) is 14.6 Å². The van der Waals surface area contributed by atoms with E-state index in [9.17, 15) is 9.59 Å². The number of carbonyl (C=O) groups excluding carboxylic acids is 2. The largest absolute Gasteiger partial charge is 0.415 e. The fourth-order valence-electron chi connectivity index (χ4n) is 4.83. The number of carbonyl (C=O) groups is 2. The molecule has 0 aliphatic carbocycles. The van der Waals surface area contributed by atoms with Crippen molar-refractivity contribution in [2.45, 2.75) is 32.2 Å². The van der Waals surface area contributed by atoms with Crippen molar-refractivity contribution < 1.29 is 14.3 Å². The van der Waals surface area contributed by atoms with E-state index < -0.39 is 0 Å². The van der Waals surface area contributed by atoms with E-state index in [2.05, 4.69) is 40.2 Å². The summed E-state index contributed by atoms with van der Waals surface area (Å²) in [6.07, 6.45) is 3.42. The first kappa shape index (κ1) is 24.7. The van der Waals surface area contributed by atoms with Crippen LogP contribution in [0.5, 0.6) is 5.75 Å². The van der Waals surface area contributed by atoms with Crippen LogP contribution >= 0.6 is 0 Å². The summed E-state index contributed by atoms with van der Waals surface area (Å²) in [6.45, 7) is 4.57. The van der Waals surface area contributed by atoms with Crippen molar-refractivity contribution in [1.29, 1.82) is 0 Å². The third kappa shape index (κ3) is 5.89. The van der Waals surface area contributed by atoms with Crippen LogP contribution in [0.15, 0.2) is 79.0 Å². The summed E-state index contributed by atoms with van der Waals surface area (Å²) in [4.78, 5) is 37.2. The maximum atomic E-state index is 13.2. The van der Waals surface area contributed by atoms with Gasteiger partial charge in [0.05, 0.1) is 11.9 Å². The molecule has 1 saturated heterocycles. The van der Waals surface area contributed by atoms with E-state index in [4.69, 9.17) is 9.72 Å². The molecule has 1 atom stereocenters. The summed E-state index contributed by atoms with van der Waals surface area (Å²) >= 11 is 0. The highest BCUT2D eigenvalue weighted by molar-refractivity contribution is 5.86. The number of benzene rings is 3. The number of hydrogen-bond acceptors (Lipinski definition) is 5. The Morgan fingerprint density at radius 2 is 1.78 bits per heavy atom. The summed E-state index contributed by atoms with van der Waals surface area (Å²) in [6, 6.07) is 23.4. The third-order valence-electron chi connectivity index (χ3n) is 6.94. The Hall–Kier alpha value is -3.97. The van der Waals surface area contributed by atoms with E-state index in [0.29, 0.717) is 31.7 Å². The molecule has 37 heavy (non-hydrogen) atoms. The van der Waals surface area contributed by atoms with E-state index in [1.807, 2.05) is 43.5 Å². The number of imidazole rings is 1. The van der Waals surface area contributed by atoms with Gasteiger partial charge in [0.25, 0.3) is 0 Å². The normalized spacial score (nSPS) is 16.1. The molecule has 0 bridgehead atoms. The van der Waals surface area contributed by atoms with Gasteiger partial charge in [0.2, 0.25) is 0 Å². The van der Waals surface area contributed by atoms with Crippen molar-refractivity contribution in [2.24, 2.45) is 0 Å². The number of rotatable bonds is 8. The van der Waals surface area contributed by atoms with Crippen molar-refractivity contribution in [2.75, 3.05) is 26.2 Å². The van der Waals surface area contributed by atoms with Crippen molar-refractivity contribution in [3.8, 4) is 17.0 Å². The van der Waals surface area contributed by atoms with E-state index in [1.165, 1.54) is 5.39 Å². The number of aromatic nitrogens is 2. The van der Waals surface area contributed by atoms with Crippen LogP contribution < -0.4 is 4.74 Å². The number of Topliss-reactive ketones (excluding diaryl/α,β-unsaturated/α-hetero) is 1. The Morgan fingerprint density at radius 3 is 2.59 bits per heavy atom. The fraction of sp³-hybridized carbons (Fsp3) is 0.300. The van der Waals surface area contributed by atoms with Crippen molar-refractivity contribution in [3.63, 3.8) is 0 Å². The van der Waals surface area contributed by atoms with Gasteiger partial charge >= 0.3 is 6.09 Å². The standard InChI is InChI=1S/C30H32N4O3/c1-2-25(35)11-8-16-33-17-18-34(30(36)37-26-12-4-3-5-13-26)28(21-33)29-31-20-27(32-29)24-15-14-22-9-6-7-10-23(22)19-24/h3-7,9-10,12-15,19-20,28H,2,8,11,16-18,21H2,1H3,(H,31,32). The van der Waals surface area contributed by atoms with Gasteiger partial charge in [-0.05, 0) is 41.9 Å². The molecule has 1 fully saturated rings. The van der Waals surface area contributed by atoms with Gasteiger partial charge in [-0.2, -0.15) is 0 Å². The minimum absolute atomic E-state index is 0.285. The smallest absolute Gasteiger partial charge is 0.410 e. The summed E-state index contributed by atoms with van der Waals surface area (Å²) in [5, 5.41) is 2.35. The molecule has 4 aromatic rings. The topological polar surface area (TPSA) is 78.5 Å². The molecule has 1 aliphatic rings. The molecule has 5 rings (SSSR count). The second-order valence-electron chi connectivity index (χ2n) is 9.43. The number of ketones is 1. The van der Waals surface area contributed by atoms with Crippen LogP contribution in [0.4, 0.5) is 4.79 Å². The van der Waals surface area contributed by atoms with Gasteiger partial charge in [-0.15, -0.1) is 0 Å². The van der Waals surface area contributed by atoms with Crippen LogP contribution in [-0.2, 0) is 4.79 Å². The van der Waals surface area contributed by atoms with Crippen molar-refractivity contribution in [1.82, 2.24) is 19.8 Å². The zero-order valence-corrected chi connectivity index (χ0v) is 21.1. The Labute approximate surface area is 217 Å². The average Bonchev–Trinajstić information content (AvgIpc) is 3.43. The van der Waals surface area contributed by atoms with Crippen LogP contribution in [0.3, 0.4) is 0 Å². The summed E-state index contributed by atoms with van der Waals surface area (Å²) in [5.41, 5.74) is 1.95. The molecular weight excluding hydrogens is 464 g/mol. The summed E-state index contributed by atoms with van der Waals surface area (Å²) in [5.74, 6) is 1.53. The molecule has 7 heteroatoms. The molecule has 1 N–H and O–H groups in total. The molecule has 1 aromatic heterocycles. The molecule has 2 heterocycles. The highest BCUT2D eigenvalue weighted by Gasteiger charge is 2.34. The Kier molecular flexibility index (Phi) is 7.61. The lowest BCUT2D eigenvalue weighted by Gasteiger charge is -2.39. The second kappa shape index (κ2) is 11.4. The lowest BCUT2D eigenvalue weighted by Crippen LogP contribution is -2.51. The zero-order chi connectivity index (χ0) is 25.6. The van der Waals surface area contributed by atoms with Crippen LogP contribution in [-0.4, -0.2) is 57.8 Å². The molecule has 1 unspecified atom stereocenters. The monoisotopic (exact) mass is 496 g/mol. The van der Waals surface area contributed by atoms with E-state index in [1.54, 1.807) is 17.0 Å². The predicted molar refractivity (Wildman–Crippen MR) is 144 cm³/mol. The number of para-hydroxylation sites is 1. The molecule has 7 nitrogen and oxygen atoms in total. The quantitative estimate of drug-likeness (QED) is 0.331. The van der Waals surface area contributed by atoms with Crippen LogP contribution in [0.1, 0.15) is 38.1 Å². The third-order valence-corrected chi connectivity index (χ3v) is 6.94. The van der Waals surface area contributed by atoms with Crippen molar-refractivity contribution >= 4 is 22.6 Å². The Balaban J connectivity index is 1.37. The number of amides is 1. The highest BCUT2D eigenvalue weighted by Crippen LogP contribution is 2.29. The first-order chi connectivity index (χ1) is 18.1. The number of hydrogen-bond donors (Lipinski definition) is 1. The van der Waals surface area contributed by atoms with Crippen LogP contribution in [0.2, 0.25) is 0 Å². The average molecular weight is 497 g/mol. The van der Waals surface area contributed by atoms with E-state index in [-0.39, 0.29) is 17.9 Å². The van der Waals surface area contributed by atoms with Crippen LogP contribution in [0, 0.1) is 0 Å². The molecule has 1 aliphatic heterocycles. The Morgan fingerprint density at radius 1 is 1.00 bits per heavy atom. The van der Waals surface area contributed by atoms with E-state index in [0.717, 1.165) is 42.0 Å². The van der Waals surface area contributed by atoms with Gasteiger partial charge in [0.15, 0.2) is 0 Å². The van der Waals surface area contributed by atoms with Gasteiger partial charge in [-0.1, -0.05) is 61.5 Å². The minimum atomic E-state index is -0.388. The maximum absolute atomic E-state index is 13.2. The predicted octanol–water partition coefficient (Wildman–Crippen LogP) is 5.85. The van der Waals surface area contributed by atoms with E-state index >= 15 is 0 Å². The first-order valence-corrected chi connectivity index (χ1v) is 12.9. The number of H-pyrrole nitrogens is 1. The first-order valence-electron chi connectivity index (χ1n) is 12.9. The number of nitrogens with zero attached hydrogens (tertiary/aromatic N) is 3. The number of aromatic amines is 1. The number of nitrogens with one attached hydrogen (secondary N) is 1. The van der Waals surface area contributed by atoms with Gasteiger partial charge in [-0.25, -0.2) is 9.78 Å². The van der Waals surface area contributed by atoms with Gasteiger partial charge < -0.3 is 9.72 Å². The maximum Gasteiger partial charge on any atom is 0.415 e. The van der Waals surface area contributed by atoms with Crippen LogP contribution in [0.25, 0.3) is 22.0 Å². The lowest BCUT2D eigenvalue weighted by atomic mass is 10.1. The SMILES string of the molecule is CCC(=O)CCCN1CCN(C(=O)Oc2ccccc2)C(c2ncc(-c3ccc4ccccc4c3)[nH]2)C1. The highest BCUT2D eigenvalue weighted by atomic mass is 16.6. The molecule has 0 radical (unpaired) electrons. The molecule has 1 amide bonds. The minimum Gasteiger partial charge on any atom is -0.410 e. The fourth-order valence-corrected chi connectivity index (χ4v) is 4.83. The number of ether oxygens (including phenoxy) is 1. The van der Waals surface area contributed by atoms with Gasteiger partial charge in [0.1, 0.15) is 23.4 Å². The Bertz CT molecular complexity index is 1370. The number of piperazine rings is 1. The molecule has 190 valence electrons. The molecule has 3 aromatic carbocycles. The molecule has 0 spiro atoms. The zero-order valence-electron chi connectivity index (χ0n) is 21.1. The summed E-state index contributed by atoms with van der Waals surface area (Å²) in [7, 11) is 0. The molecule has 0 saturated carbocycles. The van der Waals surface area contributed by atoms with Gasteiger partial charge in [0, 0.05) is 38.0 Å². The van der Waals surface area contributed by atoms with Crippen molar-refractivity contribution in [3.05, 3.63) is 84.8 Å². The second-order valence-corrected chi connectivity index (χ2v) is 9.43. The lowest BCUT2D eigenvalue weighted by molar-refractivity contribution is -0.118. The molecular formula is C30H32N4O3. The summed E-state index contributed by atoms with van der Waals surface area (Å²) < 4.78 is 5.69.